The van der Waals surface area contributed by atoms with Gasteiger partial charge in [-0.3, -0.25) is 0 Å². The van der Waals surface area contributed by atoms with Crippen LogP contribution in [0.2, 0.25) is 0 Å². The Morgan fingerprint density at radius 1 is 1.38 bits per heavy atom. The molecular weight excluding hydrogens is 274 g/mol. The molecule has 7 heteroatoms. The Labute approximate surface area is 121 Å². The van der Waals surface area contributed by atoms with Gasteiger partial charge in [-0.2, -0.15) is 5.26 Å². The first-order chi connectivity index (χ1) is 10.0. The Hall–Kier alpha value is -2.59. The smallest absolute Gasteiger partial charge is 0.326 e. The average molecular weight is 289 g/mol. The third-order valence-electron chi connectivity index (χ3n) is 3.31. The minimum Gasteiger partial charge on any atom is -0.480 e. The molecule has 3 N–H and O–H groups in total. The van der Waals surface area contributed by atoms with Crippen LogP contribution in [0.1, 0.15) is 12.0 Å². The molecule has 0 aromatic heterocycles. The standard InChI is InChI=1S/C14H15N3O4/c15-6-5-9-1-3-10(4-2-9)16-14(21)17-8-11(18)7-12(17)13(19)20/h1-4,11-12,18H,5,7-8H2,(H,16,21)(H,19,20)/t11-,12-/m1/s1. The third kappa shape index (κ3) is 3.49. The zero-order valence-electron chi connectivity index (χ0n) is 11.2. The number of carboxylic acids is 1. The number of carbonyl (C=O) groups is 2. The van der Waals surface area contributed by atoms with Crippen molar-refractivity contribution in [3.05, 3.63) is 29.8 Å². The lowest BCUT2D eigenvalue weighted by molar-refractivity contribution is -0.141. The quantitative estimate of drug-likeness (QED) is 0.761. The van der Waals surface area contributed by atoms with Crippen molar-refractivity contribution in [1.29, 1.82) is 5.26 Å². The Bertz CT molecular complexity index is 579. The van der Waals surface area contributed by atoms with Gasteiger partial charge in [-0.1, -0.05) is 12.1 Å². The van der Waals surface area contributed by atoms with Crippen LogP contribution in [-0.4, -0.2) is 45.8 Å². The summed E-state index contributed by atoms with van der Waals surface area (Å²) in [7, 11) is 0. The van der Waals surface area contributed by atoms with E-state index < -0.39 is 24.1 Å². The highest BCUT2D eigenvalue weighted by molar-refractivity contribution is 5.92. The van der Waals surface area contributed by atoms with Gasteiger partial charge in [0.25, 0.3) is 0 Å². The van der Waals surface area contributed by atoms with Gasteiger partial charge in [0.15, 0.2) is 0 Å². The molecule has 0 unspecified atom stereocenters. The van der Waals surface area contributed by atoms with Crippen molar-refractivity contribution in [3.8, 4) is 6.07 Å². The minimum atomic E-state index is -1.13. The predicted octanol–water partition coefficient (Wildman–Crippen LogP) is 0.804. The molecule has 21 heavy (non-hydrogen) atoms. The Morgan fingerprint density at radius 2 is 2.05 bits per heavy atom. The van der Waals surface area contributed by atoms with Crippen LogP contribution in [0.4, 0.5) is 10.5 Å². The van der Waals surface area contributed by atoms with Gasteiger partial charge in [0, 0.05) is 18.7 Å². The van der Waals surface area contributed by atoms with Gasteiger partial charge in [0.1, 0.15) is 6.04 Å². The molecule has 1 aromatic carbocycles. The van der Waals surface area contributed by atoms with E-state index in [1.807, 2.05) is 6.07 Å². The molecule has 0 saturated carbocycles. The van der Waals surface area contributed by atoms with Gasteiger partial charge >= 0.3 is 12.0 Å². The summed E-state index contributed by atoms with van der Waals surface area (Å²) >= 11 is 0. The fraction of sp³-hybridized carbons (Fsp3) is 0.357. The van der Waals surface area contributed by atoms with E-state index in [2.05, 4.69) is 5.32 Å². The van der Waals surface area contributed by atoms with Crippen molar-refractivity contribution in [3.63, 3.8) is 0 Å². The van der Waals surface area contributed by atoms with E-state index in [4.69, 9.17) is 10.4 Å². The summed E-state index contributed by atoms with van der Waals surface area (Å²) in [6.45, 7) is -0.00465. The number of nitrogens with zero attached hydrogens (tertiary/aromatic N) is 2. The fourth-order valence-corrected chi connectivity index (χ4v) is 2.26. The number of carbonyl (C=O) groups excluding carboxylic acids is 1. The van der Waals surface area contributed by atoms with Crippen molar-refractivity contribution in [1.82, 2.24) is 4.90 Å². The van der Waals surface area contributed by atoms with Crippen LogP contribution in [0.3, 0.4) is 0 Å². The SMILES string of the molecule is N#CCc1ccc(NC(=O)N2C[C@H](O)C[C@@H]2C(=O)O)cc1. The van der Waals surface area contributed by atoms with Crippen molar-refractivity contribution >= 4 is 17.7 Å². The number of aliphatic hydroxyl groups excluding tert-OH is 1. The van der Waals surface area contributed by atoms with E-state index in [0.29, 0.717) is 5.69 Å². The molecule has 2 amide bonds. The molecule has 2 atom stereocenters. The first kappa shape index (κ1) is 14.8. The Kier molecular flexibility index (Phi) is 4.40. The molecule has 110 valence electrons. The third-order valence-corrected chi connectivity index (χ3v) is 3.31. The maximum absolute atomic E-state index is 12.1. The highest BCUT2D eigenvalue weighted by Gasteiger charge is 2.38. The molecule has 0 radical (unpaired) electrons. The summed E-state index contributed by atoms with van der Waals surface area (Å²) < 4.78 is 0. The number of nitrogens with one attached hydrogen (secondary N) is 1. The zero-order chi connectivity index (χ0) is 15.4. The molecule has 1 aromatic rings. The van der Waals surface area contributed by atoms with Crippen LogP contribution in [0, 0.1) is 11.3 Å². The van der Waals surface area contributed by atoms with Crippen LogP contribution >= 0.6 is 0 Å². The Balaban J connectivity index is 2.03. The van der Waals surface area contributed by atoms with E-state index in [1.165, 1.54) is 0 Å². The molecule has 1 saturated heterocycles. The lowest BCUT2D eigenvalue weighted by Gasteiger charge is -2.21. The highest BCUT2D eigenvalue weighted by Crippen LogP contribution is 2.20. The number of amides is 2. The van der Waals surface area contributed by atoms with Crippen LogP contribution in [0.25, 0.3) is 0 Å². The molecule has 1 heterocycles. The second-order valence-corrected chi connectivity index (χ2v) is 4.86. The number of aliphatic carboxylic acids is 1. The molecule has 0 spiro atoms. The predicted molar refractivity (Wildman–Crippen MR) is 73.5 cm³/mol. The van der Waals surface area contributed by atoms with Crippen molar-refractivity contribution in [2.24, 2.45) is 0 Å². The number of likely N-dealkylation sites (tertiary alicyclic amines) is 1. The minimum absolute atomic E-state index is 0.00465. The number of aliphatic hydroxyl groups is 1. The van der Waals surface area contributed by atoms with E-state index in [9.17, 15) is 14.7 Å². The van der Waals surface area contributed by atoms with Crippen molar-refractivity contribution < 1.29 is 19.8 Å². The van der Waals surface area contributed by atoms with E-state index in [0.717, 1.165) is 10.5 Å². The number of benzene rings is 1. The lowest BCUT2D eigenvalue weighted by atomic mass is 10.1. The number of nitriles is 1. The number of hydrogen-bond donors (Lipinski definition) is 3. The fourth-order valence-electron chi connectivity index (χ4n) is 2.26. The van der Waals surface area contributed by atoms with Gasteiger partial charge in [0.2, 0.25) is 0 Å². The molecule has 0 aliphatic carbocycles. The zero-order valence-corrected chi connectivity index (χ0v) is 11.2. The summed E-state index contributed by atoms with van der Waals surface area (Å²) in [5.74, 6) is -1.13. The highest BCUT2D eigenvalue weighted by atomic mass is 16.4. The molecule has 2 rings (SSSR count). The van der Waals surface area contributed by atoms with Crippen LogP contribution in [0.5, 0.6) is 0 Å². The van der Waals surface area contributed by atoms with Crippen molar-refractivity contribution in [2.75, 3.05) is 11.9 Å². The second kappa shape index (κ2) is 6.24. The van der Waals surface area contributed by atoms with E-state index in [1.54, 1.807) is 24.3 Å². The van der Waals surface area contributed by atoms with Gasteiger partial charge in [-0.05, 0) is 17.7 Å². The summed E-state index contributed by atoms with van der Waals surface area (Å²) in [5, 5.41) is 29.7. The topological polar surface area (TPSA) is 114 Å². The summed E-state index contributed by atoms with van der Waals surface area (Å²) in [4.78, 5) is 24.2. The molecule has 7 nitrogen and oxygen atoms in total. The number of hydrogen-bond acceptors (Lipinski definition) is 4. The molecule has 1 fully saturated rings. The number of β-amino-alcohol motifs (C(OH)–C–C–N with tert-alkyl or cyclic N) is 1. The number of rotatable bonds is 3. The van der Waals surface area contributed by atoms with E-state index in [-0.39, 0.29) is 19.4 Å². The van der Waals surface area contributed by atoms with Crippen LogP contribution in [0.15, 0.2) is 24.3 Å². The van der Waals surface area contributed by atoms with E-state index >= 15 is 0 Å². The first-order valence-corrected chi connectivity index (χ1v) is 6.45. The number of carboxylic acid groups (broad SMARTS) is 1. The maximum Gasteiger partial charge on any atom is 0.326 e. The van der Waals surface area contributed by atoms with Crippen molar-refractivity contribution in [2.45, 2.75) is 25.0 Å². The number of anilines is 1. The monoisotopic (exact) mass is 289 g/mol. The average Bonchev–Trinajstić information content (AvgIpc) is 2.84. The van der Waals surface area contributed by atoms with Gasteiger partial charge in [-0.15, -0.1) is 0 Å². The molecule has 1 aliphatic heterocycles. The molecule has 0 bridgehead atoms. The lowest BCUT2D eigenvalue weighted by Crippen LogP contribution is -2.43. The van der Waals surface area contributed by atoms with Gasteiger partial charge in [-0.25, -0.2) is 9.59 Å². The van der Waals surface area contributed by atoms with Crippen LogP contribution < -0.4 is 5.32 Å². The van der Waals surface area contributed by atoms with Gasteiger partial charge < -0.3 is 20.4 Å². The van der Waals surface area contributed by atoms with Crippen LogP contribution in [-0.2, 0) is 11.2 Å². The summed E-state index contributed by atoms with van der Waals surface area (Å²) in [6, 6.07) is 7.17. The van der Waals surface area contributed by atoms with Gasteiger partial charge in [0.05, 0.1) is 18.6 Å². The summed E-state index contributed by atoms with van der Waals surface area (Å²) in [5.41, 5.74) is 1.34. The first-order valence-electron chi connectivity index (χ1n) is 6.45. The normalized spacial score (nSPS) is 20.9. The molecule has 1 aliphatic rings. The second-order valence-electron chi connectivity index (χ2n) is 4.86. The summed E-state index contributed by atoms with van der Waals surface area (Å²) in [6.07, 6.45) is -0.507. The largest absolute Gasteiger partial charge is 0.480 e. The number of urea groups is 1. The molecular formula is C14H15N3O4. The maximum atomic E-state index is 12.1. The Morgan fingerprint density at radius 3 is 2.62 bits per heavy atom.